The lowest BCUT2D eigenvalue weighted by atomic mass is 10.2. The summed E-state index contributed by atoms with van der Waals surface area (Å²) in [5, 5.41) is 14.5. The van der Waals surface area contributed by atoms with Gasteiger partial charge in [-0.05, 0) is 34.7 Å². The fourth-order valence-corrected chi connectivity index (χ4v) is 2.83. The molecule has 5 nitrogen and oxygen atoms in total. The zero-order valence-corrected chi connectivity index (χ0v) is 11.9. The van der Waals surface area contributed by atoms with E-state index >= 15 is 0 Å². The van der Waals surface area contributed by atoms with E-state index in [2.05, 4.69) is 32.9 Å². The molecule has 0 aliphatic carbocycles. The zero-order valence-electron chi connectivity index (χ0n) is 8.89. The van der Waals surface area contributed by atoms with Gasteiger partial charge in [-0.15, -0.1) is 11.3 Å². The number of rotatable bonds is 4. The third kappa shape index (κ3) is 3.13. The first-order valence-electron chi connectivity index (χ1n) is 4.84. The first kappa shape index (κ1) is 13.1. The van der Waals surface area contributed by atoms with Gasteiger partial charge in [0.1, 0.15) is 16.5 Å². The standard InChI is InChI=1S/C10H7FIN3O2S/c11-6-1-2-7(8(3-6)15(16)17)13-5-10-14-4-9(12)18-10/h1-4,13H,5H2. The average Bonchev–Trinajstić information content (AvgIpc) is 2.73. The van der Waals surface area contributed by atoms with Crippen LogP contribution in [0.5, 0.6) is 0 Å². The van der Waals surface area contributed by atoms with Crippen molar-refractivity contribution in [3.8, 4) is 0 Å². The molecule has 0 saturated heterocycles. The molecular formula is C10H7FIN3O2S. The lowest BCUT2D eigenvalue weighted by Gasteiger charge is -2.05. The van der Waals surface area contributed by atoms with E-state index in [4.69, 9.17) is 0 Å². The van der Waals surface area contributed by atoms with Crippen LogP contribution in [0.1, 0.15) is 5.01 Å². The Hall–Kier alpha value is -1.29. The monoisotopic (exact) mass is 379 g/mol. The summed E-state index contributed by atoms with van der Waals surface area (Å²) < 4.78 is 14.0. The molecule has 0 unspecified atom stereocenters. The SMILES string of the molecule is O=[N+]([O-])c1cc(F)ccc1NCc1ncc(I)s1. The Morgan fingerprint density at radius 2 is 2.33 bits per heavy atom. The van der Waals surface area contributed by atoms with E-state index in [1.54, 1.807) is 6.20 Å². The number of benzene rings is 1. The van der Waals surface area contributed by atoms with Crippen molar-refractivity contribution in [3.63, 3.8) is 0 Å². The minimum absolute atomic E-state index is 0.277. The molecule has 1 aromatic heterocycles. The molecule has 1 heterocycles. The van der Waals surface area contributed by atoms with Crippen LogP contribution in [-0.2, 0) is 6.54 Å². The Kier molecular flexibility index (Phi) is 4.07. The van der Waals surface area contributed by atoms with E-state index in [0.29, 0.717) is 6.54 Å². The number of thiazole rings is 1. The van der Waals surface area contributed by atoms with Crippen LogP contribution in [0, 0.1) is 18.8 Å². The second kappa shape index (κ2) is 5.57. The van der Waals surface area contributed by atoms with Gasteiger partial charge in [0.25, 0.3) is 5.69 Å². The molecular weight excluding hydrogens is 372 g/mol. The number of nitro benzene ring substituents is 1. The van der Waals surface area contributed by atoms with Crippen molar-refractivity contribution in [1.82, 2.24) is 4.98 Å². The molecule has 8 heteroatoms. The van der Waals surface area contributed by atoms with E-state index < -0.39 is 10.7 Å². The summed E-state index contributed by atoms with van der Waals surface area (Å²) in [6.45, 7) is 0.375. The highest BCUT2D eigenvalue weighted by Gasteiger charge is 2.14. The Balaban J connectivity index is 2.16. The molecule has 94 valence electrons. The normalized spacial score (nSPS) is 10.3. The largest absolute Gasteiger partial charge is 0.373 e. The van der Waals surface area contributed by atoms with Crippen LogP contribution < -0.4 is 5.32 Å². The Bertz CT molecular complexity index is 590. The van der Waals surface area contributed by atoms with Crippen LogP contribution in [0.3, 0.4) is 0 Å². The number of nitrogens with zero attached hydrogens (tertiary/aromatic N) is 2. The average molecular weight is 379 g/mol. The molecule has 0 radical (unpaired) electrons. The second-order valence-electron chi connectivity index (χ2n) is 3.33. The molecule has 1 aromatic carbocycles. The van der Waals surface area contributed by atoms with Crippen LogP contribution in [-0.4, -0.2) is 9.91 Å². The molecule has 0 aliphatic heterocycles. The third-order valence-corrected chi connectivity index (χ3v) is 3.84. The number of halogens is 2. The molecule has 1 N–H and O–H groups in total. The molecule has 0 fully saturated rings. The van der Waals surface area contributed by atoms with Gasteiger partial charge in [-0.1, -0.05) is 0 Å². The molecule has 2 aromatic rings. The van der Waals surface area contributed by atoms with Gasteiger partial charge < -0.3 is 5.32 Å². The Morgan fingerprint density at radius 1 is 1.56 bits per heavy atom. The minimum atomic E-state index is -0.629. The summed E-state index contributed by atoms with van der Waals surface area (Å²) in [5.41, 5.74) is 0.00728. The predicted octanol–water partition coefficient (Wildman–Crippen LogP) is 3.41. The predicted molar refractivity (Wildman–Crippen MR) is 75.2 cm³/mol. The third-order valence-electron chi connectivity index (χ3n) is 2.11. The number of hydrogen-bond acceptors (Lipinski definition) is 5. The first-order valence-corrected chi connectivity index (χ1v) is 6.74. The van der Waals surface area contributed by atoms with Crippen LogP contribution >= 0.6 is 33.9 Å². The lowest BCUT2D eigenvalue weighted by molar-refractivity contribution is -0.384. The molecule has 0 saturated carbocycles. The number of anilines is 1. The van der Waals surface area contributed by atoms with Crippen molar-refractivity contribution in [2.24, 2.45) is 0 Å². The molecule has 2 rings (SSSR count). The maximum atomic E-state index is 12.9. The maximum Gasteiger partial charge on any atom is 0.295 e. The summed E-state index contributed by atoms with van der Waals surface area (Å²) >= 11 is 3.64. The van der Waals surface area contributed by atoms with Gasteiger partial charge in [-0.3, -0.25) is 10.1 Å². The van der Waals surface area contributed by atoms with Crippen LogP contribution in [0.2, 0.25) is 0 Å². The van der Waals surface area contributed by atoms with E-state index in [9.17, 15) is 14.5 Å². The smallest absolute Gasteiger partial charge is 0.295 e. The van der Waals surface area contributed by atoms with Crippen molar-refractivity contribution in [3.05, 3.63) is 48.2 Å². The zero-order chi connectivity index (χ0) is 13.1. The molecule has 0 atom stereocenters. The van der Waals surface area contributed by atoms with E-state index in [-0.39, 0.29) is 11.4 Å². The van der Waals surface area contributed by atoms with Crippen LogP contribution in [0.15, 0.2) is 24.4 Å². The van der Waals surface area contributed by atoms with Crippen molar-refractivity contribution in [1.29, 1.82) is 0 Å². The van der Waals surface area contributed by atoms with Gasteiger partial charge >= 0.3 is 0 Å². The summed E-state index contributed by atoms with van der Waals surface area (Å²) in [6.07, 6.45) is 1.72. The van der Waals surface area contributed by atoms with E-state index in [0.717, 1.165) is 14.0 Å². The second-order valence-corrected chi connectivity index (χ2v) is 6.34. The summed E-state index contributed by atoms with van der Waals surface area (Å²) in [4.78, 5) is 14.3. The number of nitrogens with one attached hydrogen (secondary N) is 1. The van der Waals surface area contributed by atoms with Gasteiger partial charge in [-0.25, -0.2) is 9.37 Å². The Labute approximate surface area is 119 Å². The van der Waals surface area contributed by atoms with Gasteiger partial charge in [0.2, 0.25) is 0 Å². The number of aromatic nitrogens is 1. The number of hydrogen-bond donors (Lipinski definition) is 1. The van der Waals surface area contributed by atoms with Gasteiger partial charge in [0.15, 0.2) is 0 Å². The topological polar surface area (TPSA) is 68.1 Å². The Morgan fingerprint density at radius 3 is 2.94 bits per heavy atom. The van der Waals surface area contributed by atoms with Crippen LogP contribution in [0.25, 0.3) is 0 Å². The number of nitro groups is 1. The van der Waals surface area contributed by atoms with E-state index in [1.807, 2.05) is 0 Å². The van der Waals surface area contributed by atoms with Crippen molar-refractivity contribution < 1.29 is 9.31 Å². The van der Waals surface area contributed by atoms with Crippen molar-refractivity contribution in [2.75, 3.05) is 5.32 Å². The summed E-state index contributed by atoms with van der Waals surface area (Å²) in [7, 11) is 0. The summed E-state index contributed by atoms with van der Waals surface area (Å²) in [5.74, 6) is -0.629. The van der Waals surface area contributed by atoms with Crippen molar-refractivity contribution in [2.45, 2.75) is 6.54 Å². The van der Waals surface area contributed by atoms with E-state index in [1.165, 1.54) is 23.5 Å². The summed E-state index contributed by atoms with van der Waals surface area (Å²) in [6, 6.07) is 3.43. The molecule has 0 spiro atoms. The fourth-order valence-electron chi connectivity index (χ4n) is 1.35. The molecule has 0 amide bonds. The fraction of sp³-hybridized carbons (Fsp3) is 0.100. The molecule has 18 heavy (non-hydrogen) atoms. The van der Waals surface area contributed by atoms with Gasteiger partial charge in [0, 0.05) is 0 Å². The van der Waals surface area contributed by atoms with Crippen molar-refractivity contribution >= 4 is 45.3 Å². The minimum Gasteiger partial charge on any atom is -0.373 e. The highest BCUT2D eigenvalue weighted by Crippen LogP contribution is 2.26. The lowest BCUT2D eigenvalue weighted by Crippen LogP contribution is -2.02. The quantitative estimate of drug-likeness (QED) is 0.502. The first-order chi connectivity index (χ1) is 8.56. The van der Waals surface area contributed by atoms with Crippen LogP contribution in [0.4, 0.5) is 15.8 Å². The van der Waals surface area contributed by atoms with Gasteiger partial charge in [-0.2, -0.15) is 0 Å². The highest BCUT2D eigenvalue weighted by molar-refractivity contribution is 14.1. The molecule has 0 aliphatic rings. The maximum absolute atomic E-state index is 12.9. The highest BCUT2D eigenvalue weighted by atomic mass is 127. The molecule has 0 bridgehead atoms. The van der Waals surface area contributed by atoms with Gasteiger partial charge in [0.05, 0.1) is 26.6 Å².